The van der Waals surface area contributed by atoms with Gasteiger partial charge in [-0.25, -0.2) is 8.98 Å². The van der Waals surface area contributed by atoms with E-state index >= 15 is 0 Å². The summed E-state index contributed by atoms with van der Waals surface area (Å²) in [6, 6.07) is 0. The number of rotatable bonds is 7. The van der Waals surface area contributed by atoms with Crippen LogP contribution in [0.15, 0.2) is 0 Å². The van der Waals surface area contributed by atoms with Gasteiger partial charge in [-0.1, -0.05) is 0 Å². The van der Waals surface area contributed by atoms with Gasteiger partial charge in [0, 0.05) is 14.2 Å². The molecule has 0 aliphatic heterocycles. The Hall–Kier alpha value is -0.680. The molecular formula is C8H14F3O8PS. The van der Waals surface area contributed by atoms with Crippen LogP contribution in [0.4, 0.5) is 13.2 Å². The molecule has 0 N–H and O–H groups in total. The Morgan fingerprint density at radius 2 is 1.62 bits per heavy atom. The molecule has 0 spiro atoms. The zero-order chi connectivity index (χ0) is 17.1. The molecule has 0 saturated heterocycles. The van der Waals surface area contributed by atoms with Crippen LogP contribution in [0.25, 0.3) is 0 Å². The van der Waals surface area contributed by atoms with Crippen molar-refractivity contribution < 1.29 is 48.9 Å². The fraction of sp³-hybridized carbons (Fsp3) is 0.875. The van der Waals surface area contributed by atoms with Crippen molar-refractivity contribution in [1.82, 2.24) is 0 Å². The number of alkyl halides is 3. The number of hydrogen-bond acceptors (Lipinski definition) is 8. The Morgan fingerprint density at radius 1 is 1.19 bits per heavy atom. The van der Waals surface area contributed by atoms with Crippen molar-refractivity contribution in [1.29, 1.82) is 0 Å². The summed E-state index contributed by atoms with van der Waals surface area (Å²) in [5.74, 6) is -4.69. The number of carbonyl (C=O) groups excluding carboxylic acids is 1. The lowest BCUT2D eigenvalue weighted by atomic mass is 10.4. The van der Waals surface area contributed by atoms with Crippen molar-refractivity contribution >= 4 is 23.7 Å². The van der Waals surface area contributed by atoms with Gasteiger partial charge in [0.05, 0.1) is 6.26 Å². The molecule has 0 aliphatic rings. The summed E-state index contributed by atoms with van der Waals surface area (Å²) >= 11 is 0. The molecule has 0 aliphatic carbocycles. The normalized spacial score (nSPS) is 16.3. The Labute approximate surface area is 119 Å². The molecule has 8 nitrogen and oxygen atoms in total. The van der Waals surface area contributed by atoms with Gasteiger partial charge in [-0.15, -0.1) is 0 Å². The number of carbonyl (C=O) groups is 1. The molecule has 0 aromatic rings. The van der Waals surface area contributed by atoms with Crippen LogP contribution in [0.5, 0.6) is 0 Å². The molecule has 0 fully saturated rings. The van der Waals surface area contributed by atoms with Crippen LogP contribution in [0.3, 0.4) is 0 Å². The van der Waals surface area contributed by atoms with Crippen molar-refractivity contribution in [3.63, 3.8) is 0 Å². The summed E-state index contributed by atoms with van der Waals surface area (Å²) in [7, 11) is -6.82. The Morgan fingerprint density at radius 3 is 1.90 bits per heavy atom. The van der Waals surface area contributed by atoms with E-state index < -0.39 is 41.8 Å². The first-order valence-electron chi connectivity index (χ1n) is 5.14. The van der Waals surface area contributed by atoms with Gasteiger partial charge in [-0.05, 0) is 6.92 Å². The number of esters is 1. The highest BCUT2D eigenvalue weighted by atomic mass is 32.2. The second kappa shape index (κ2) is 7.05. The Balaban J connectivity index is 5.41. The molecule has 0 aromatic heterocycles. The highest BCUT2D eigenvalue weighted by Crippen LogP contribution is 2.54. The van der Waals surface area contributed by atoms with Gasteiger partial charge in [0.2, 0.25) is 5.85 Å². The minimum absolute atomic E-state index is 0.563. The topological polar surface area (TPSA) is 105 Å². The summed E-state index contributed by atoms with van der Waals surface area (Å²) in [6.07, 6.45) is -6.62. The molecule has 0 amide bonds. The summed E-state index contributed by atoms with van der Waals surface area (Å²) in [6.45, 7) is 0.851. The molecule has 0 heterocycles. The molecular weight excluding hydrogens is 344 g/mol. The van der Waals surface area contributed by atoms with Crippen LogP contribution < -0.4 is 0 Å². The van der Waals surface area contributed by atoms with E-state index in [2.05, 4.69) is 18.0 Å². The SMILES string of the molecule is COP(=O)(OC)C(OS(C)(=O)=O)C(C)OC(=O)C(F)(F)F. The maximum Gasteiger partial charge on any atom is 0.490 e. The van der Waals surface area contributed by atoms with Crippen LogP contribution >= 0.6 is 7.60 Å². The van der Waals surface area contributed by atoms with Crippen molar-refractivity contribution in [2.24, 2.45) is 0 Å². The highest BCUT2D eigenvalue weighted by molar-refractivity contribution is 7.86. The van der Waals surface area contributed by atoms with Crippen LogP contribution in [0, 0.1) is 0 Å². The number of halogens is 3. The molecule has 0 aromatic carbocycles. The average Bonchev–Trinajstić information content (AvgIpc) is 2.32. The van der Waals surface area contributed by atoms with Gasteiger partial charge >= 0.3 is 19.7 Å². The molecule has 0 saturated carbocycles. The predicted molar refractivity (Wildman–Crippen MR) is 63.0 cm³/mol. The second-order valence-electron chi connectivity index (χ2n) is 3.70. The smallest absolute Gasteiger partial charge is 0.452 e. The summed E-state index contributed by atoms with van der Waals surface area (Å²) < 4.78 is 87.9. The predicted octanol–water partition coefficient (Wildman–Crippen LogP) is 1.27. The molecule has 0 rings (SSSR count). The minimum Gasteiger partial charge on any atom is -0.452 e. The monoisotopic (exact) mass is 358 g/mol. The maximum absolute atomic E-state index is 12.1. The van der Waals surface area contributed by atoms with Gasteiger partial charge in [-0.3, -0.25) is 4.57 Å². The van der Waals surface area contributed by atoms with E-state index in [1.165, 1.54) is 0 Å². The van der Waals surface area contributed by atoms with Gasteiger partial charge in [0.15, 0.2) is 0 Å². The third-order valence-corrected chi connectivity index (χ3v) is 4.89. The highest BCUT2D eigenvalue weighted by Gasteiger charge is 2.48. The minimum atomic E-state index is -5.31. The molecule has 21 heavy (non-hydrogen) atoms. The van der Waals surface area contributed by atoms with Crippen molar-refractivity contribution in [2.45, 2.75) is 25.0 Å². The zero-order valence-corrected chi connectivity index (χ0v) is 13.1. The van der Waals surface area contributed by atoms with E-state index in [4.69, 9.17) is 0 Å². The van der Waals surface area contributed by atoms with Gasteiger partial charge in [-0.2, -0.15) is 21.6 Å². The fourth-order valence-corrected chi connectivity index (χ4v) is 3.69. The van der Waals surface area contributed by atoms with Crippen molar-refractivity contribution in [2.75, 3.05) is 20.5 Å². The molecule has 0 bridgehead atoms. The van der Waals surface area contributed by atoms with E-state index in [1.807, 2.05) is 0 Å². The van der Waals surface area contributed by atoms with E-state index in [0.717, 1.165) is 21.1 Å². The van der Waals surface area contributed by atoms with Crippen LogP contribution in [-0.4, -0.2) is 53.0 Å². The van der Waals surface area contributed by atoms with Crippen LogP contribution in [0.1, 0.15) is 6.92 Å². The van der Waals surface area contributed by atoms with E-state index in [0.29, 0.717) is 6.26 Å². The third-order valence-electron chi connectivity index (χ3n) is 2.02. The first kappa shape index (κ1) is 20.3. The third kappa shape index (κ3) is 6.30. The fourth-order valence-electron chi connectivity index (χ4n) is 1.14. The number of ether oxygens (including phenoxy) is 1. The maximum atomic E-state index is 12.1. The van der Waals surface area contributed by atoms with Gasteiger partial charge in [0.1, 0.15) is 6.10 Å². The van der Waals surface area contributed by atoms with E-state index in [9.17, 15) is 30.9 Å². The number of hydrogen-bond donors (Lipinski definition) is 0. The largest absolute Gasteiger partial charge is 0.490 e. The molecule has 126 valence electrons. The van der Waals surface area contributed by atoms with Crippen molar-refractivity contribution in [3.05, 3.63) is 0 Å². The zero-order valence-electron chi connectivity index (χ0n) is 11.4. The first-order chi connectivity index (χ1) is 9.27. The molecule has 0 radical (unpaired) electrons. The second-order valence-corrected chi connectivity index (χ2v) is 7.62. The molecule has 13 heteroatoms. The first-order valence-corrected chi connectivity index (χ1v) is 8.57. The van der Waals surface area contributed by atoms with E-state index in [1.54, 1.807) is 0 Å². The van der Waals surface area contributed by atoms with Crippen LogP contribution in [-0.2, 0) is 37.4 Å². The molecule has 2 atom stereocenters. The van der Waals surface area contributed by atoms with Crippen molar-refractivity contribution in [3.8, 4) is 0 Å². The average molecular weight is 358 g/mol. The lowest BCUT2D eigenvalue weighted by molar-refractivity contribution is -0.206. The standard InChI is InChI=1S/C8H14F3O8PS/c1-5(18-7(12)8(9,10)11)6(19-21(4,14)15)20(13,16-2)17-3/h5-6H,1-4H3. The van der Waals surface area contributed by atoms with Gasteiger partial charge in [0.25, 0.3) is 10.1 Å². The van der Waals surface area contributed by atoms with Gasteiger partial charge < -0.3 is 13.8 Å². The van der Waals surface area contributed by atoms with Crippen LogP contribution in [0.2, 0.25) is 0 Å². The lowest BCUT2D eigenvalue weighted by Crippen LogP contribution is -2.37. The lowest BCUT2D eigenvalue weighted by Gasteiger charge is -2.27. The van der Waals surface area contributed by atoms with E-state index in [-0.39, 0.29) is 0 Å². The summed E-state index contributed by atoms with van der Waals surface area (Å²) in [5.41, 5.74) is 0. The summed E-state index contributed by atoms with van der Waals surface area (Å²) in [5, 5.41) is 0. The molecule has 2 unspecified atom stereocenters. The quantitative estimate of drug-likeness (QED) is 0.381. The summed E-state index contributed by atoms with van der Waals surface area (Å²) in [4.78, 5) is 10.7. The Bertz CT molecular complexity index is 508. The Kier molecular flexibility index (Phi) is 6.83.